The van der Waals surface area contributed by atoms with Crippen molar-refractivity contribution < 1.29 is 43.4 Å². The van der Waals surface area contributed by atoms with E-state index in [0.29, 0.717) is 13.0 Å². The molecular formula is C3H8NNaO3S2. The molecule has 0 rings (SSSR count). The Bertz CT molecular complexity index is 157. The SMILES string of the molecule is NCCCS(=O)(=S)O[O-].[Na+]. The van der Waals surface area contributed by atoms with E-state index in [1.54, 1.807) is 0 Å². The Labute approximate surface area is 87.2 Å². The van der Waals surface area contributed by atoms with E-state index in [9.17, 15) is 9.47 Å². The average molecular weight is 193 g/mol. The zero-order valence-corrected chi connectivity index (χ0v) is 9.37. The summed E-state index contributed by atoms with van der Waals surface area (Å²) in [5.41, 5.74) is 5.06. The van der Waals surface area contributed by atoms with Gasteiger partial charge in [-0.3, -0.25) is 0 Å². The largest absolute Gasteiger partial charge is 1.00 e. The van der Waals surface area contributed by atoms with E-state index in [4.69, 9.17) is 5.73 Å². The molecular weight excluding hydrogens is 185 g/mol. The summed E-state index contributed by atoms with van der Waals surface area (Å²) in [6, 6.07) is 0. The molecule has 7 heteroatoms. The Balaban J connectivity index is 0. The molecule has 0 fully saturated rings. The molecule has 0 aromatic carbocycles. The molecule has 0 aliphatic heterocycles. The molecule has 0 radical (unpaired) electrons. The quantitative estimate of drug-likeness (QED) is 0.276. The van der Waals surface area contributed by atoms with Crippen LogP contribution in [0.15, 0.2) is 0 Å². The molecule has 0 bridgehead atoms. The van der Waals surface area contributed by atoms with Crippen molar-refractivity contribution in [3.63, 3.8) is 0 Å². The minimum absolute atomic E-state index is 0. The first-order valence-corrected chi connectivity index (χ1v) is 4.94. The van der Waals surface area contributed by atoms with Gasteiger partial charge in [-0.1, -0.05) is 0 Å². The van der Waals surface area contributed by atoms with Crippen molar-refractivity contribution in [2.75, 3.05) is 12.3 Å². The molecule has 0 saturated carbocycles. The molecule has 0 heterocycles. The molecule has 2 N–H and O–H groups in total. The third kappa shape index (κ3) is 7.36. The molecule has 0 spiro atoms. The first-order valence-electron chi connectivity index (χ1n) is 2.36. The second-order valence-corrected chi connectivity index (χ2v) is 4.66. The van der Waals surface area contributed by atoms with Gasteiger partial charge in [-0.25, -0.2) is 4.21 Å². The predicted octanol–water partition coefficient (Wildman–Crippen LogP) is -4.71. The van der Waals surface area contributed by atoms with Crippen LogP contribution in [0.2, 0.25) is 0 Å². The molecule has 0 amide bonds. The Morgan fingerprint density at radius 2 is 2.20 bits per heavy atom. The van der Waals surface area contributed by atoms with E-state index < -0.39 is 8.77 Å². The van der Waals surface area contributed by atoms with Gasteiger partial charge < -0.3 is 15.3 Å². The molecule has 0 saturated heterocycles. The topological polar surface area (TPSA) is 75.4 Å². The Morgan fingerprint density at radius 1 is 1.70 bits per heavy atom. The third-order valence-electron chi connectivity index (χ3n) is 0.702. The summed E-state index contributed by atoms with van der Waals surface area (Å²) in [5, 5.41) is 9.54. The van der Waals surface area contributed by atoms with Crippen molar-refractivity contribution >= 4 is 20.0 Å². The first kappa shape index (κ1) is 13.8. The van der Waals surface area contributed by atoms with Crippen LogP contribution < -0.4 is 40.5 Å². The van der Waals surface area contributed by atoms with Crippen molar-refractivity contribution in [1.82, 2.24) is 0 Å². The van der Waals surface area contributed by atoms with Gasteiger partial charge in [0.15, 0.2) is 0 Å². The summed E-state index contributed by atoms with van der Waals surface area (Å²) in [6.07, 6.45) is 0.463. The minimum Gasteiger partial charge on any atom is -0.709 e. The standard InChI is InChI=1S/C3H9NO3S2.Na/c4-2-1-3-9(6,8)7-5;/h5H,1-4H2;/q;+1/p-1. The molecule has 0 aromatic rings. The van der Waals surface area contributed by atoms with Crippen molar-refractivity contribution in [3.8, 4) is 0 Å². The van der Waals surface area contributed by atoms with Crippen LogP contribution in [0, 0.1) is 0 Å². The average Bonchev–Trinajstić information content (AvgIpc) is 1.84. The van der Waals surface area contributed by atoms with Gasteiger partial charge in [0.25, 0.3) is 0 Å². The van der Waals surface area contributed by atoms with Crippen LogP contribution in [-0.2, 0) is 24.3 Å². The van der Waals surface area contributed by atoms with Crippen molar-refractivity contribution in [1.29, 1.82) is 0 Å². The monoisotopic (exact) mass is 193 g/mol. The molecule has 0 aliphatic rings. The maximum Gasteiger partial charge on any atom is 1.00 e. The Hall–Kier alpha value is 1.25. The van der Waals surface area contributed by atoms with Crippen molar-refractivity contribution in [2.45, 2.75) is 6.42 Å². The summed E-state index contributed by atoms with van der Waals surface area (Å²) in [6.45, 7) is 0.372. The molecule has 4 nitrogen and oxygen atoms in total. The van der Waals surface area contributed by atoms with Crippen molar-refractivity contribution in [2.24, 2.45) is 5.73 Å². The second kappa shape index (κ2) is 6.93. The van der Waals surface area contributed by atoms with Gasteiger partial charge in [0.2, 0.25) is 0 Å². The molecule has 56 valence electrons. The van der Waals surface area contributed by atoms with Gasteiger partial charge in [0.05, 0.1) is 5.75 Å². The fraction of sp³-hybridized carbons (Fsp3) is 1.00. The Kier molecular flexibility index (Phi) is 9.57. The second-order valence-electron chi connectivity index (χ2n) is 1.47. The molecule has 1 unspecified atom stereocenters. The summed E-state index contributed by atoms with van der Waals surface area (Å²) in [7, 11) is -2.98. The van der Waals surface area contributed by atoms with Crippen LogP contribution in [0.5, 0.6) is 0 Å². The smallest absolute Gasteiger partial charge is 0.709 e. The van der Waals surface area contributed by atoms with Gasteiger partial charge in [0.1, 0.15) is 8.77 Å². The van der Waals surface area contributed by atoms with E-state index >= 15 is 0 Å². The fourth-order valence-electron chi connectivity index (χ4n) is 0.294. The zero-order valence-electron chi connectivity index (χ0n) is 5.74. The van der Waals surface area contributed by atoms with Crippen LogP contribution in [0.4, 0.5) is 0 Å². The molecule has 1 atom stereocenters. The minimum atomic E-state index is -2.98. The van der Waals surface area contributed by atoms with Gasteiger partial charge in [-0.2, -0.15) is 0 Å². The van der Waals surface area contributed by atoms with Crippen LogP contribution in [0.25, 0.3) is 0 Å². The maximum absolute atomic E-state index is 10.5. The van der Waals surface area contributed by atoms with Crippen LogP contribution in [0.3, 0.4) is 0 Å². The van der Waals surface area contributed by atoms with E-state index in [1.165, 1.54) is 0 Å². The van der Waals surface area contributed by atoms with Gasteiger partial charge in [-0.15, -0.1) is 0 Å². The number of rotatable bonds is 4. The predicted molar refractivity (Wildman–Crippen MR) is 35.1 cm³/mol. The van der Waals surface area contributed by atoms with Crippen molar-refractivity contribution in [3.05, 3.63) is 0 Å². The van der Waals surface area contributed by atoms with E-state index in [-0.39, 0.29) is 35.3 Å². The first-order chi connectivity index (χ1) is 4.12. The number of hydrogen-bond acceptors (Lipinski definition) is 5. The molecule has 0 aliphatic carbocycles. The fourth-order valence-corrected chi connectivity index (χ4v) is 1.24. The number of hydrogen-bond donors (Lipinski definition) is 1. The van der Waals surface area contributed by atoms with E-state index in [2.05, 4.69) is 15.5 Å². The van der Waals surface area contributed by atoms with Crippen LogP contribution in [0.1, 0.15) is 6.42 Å². The molecule has 0 aromatic heterocycles. The summed E-state index contributed by atoms with van der Waals surface area (Å²) < 4.78 is 13.8. The maximum atomic E-state index is 10.5. The van der Waals surface area contributed by atoms with Gasteiger partial charge >= 0.3 is 29.6 Å². The van der Waals surface area contributed by atoms with E-state index in [1.807, 2.05) is 0 Å². The zero-order chi connectivity index (χ0) is 7.33. The summed E-state index contributed by atoms with van der Waals surface area (Å²) in [5.74, 6) is 0.0718. The van der Waals surface area contributed by atoms with Crippen LogP contribution >= 0.6 is 0 Å². The summed E-state index contributed by atoms with van der Waals surface area (Å²) >= 11 is 4.25. The van der Waals surface area contributed by atoms with Gasteiger partial charge in [0, 0.05) is 11.2 Å². The van der Waals surface area contributed by atoms with Crippen LogP contribution in [-0.4, -0.2) is 16.5 Å². The molecule has 10 heavy (non-hydrogen) atoms. The normalized spacial score (nSPS) is 15.4. The number of nitrogens with two attached hydrogens (primary N) is 1. The Morgan fingerprint density at radius 3 is 2.50 bits per heavy atom. The third-order valence-corrected chi connectivity index (χ3v) is 2.36. The summed E-state index contributed by atoms with van der Waals surface area (Å²) in [4.78, 5) is 0. The van der Waals surface area contributed by atoms with Gasteiger partial charge in [-0.05, 0) is 13.0 Å². The van der Waals surface area contributed by atoms with E-state index in [0.717, 1.165) is 0 Å².